The van der Waals surface area contributed by atoms with Crippen molar-refractivity contribution in [2.24, 2.45) is 5.73 Å². The molecule has 0 spiro atoms. The maximum absolute atomic E-state index is 12.2. The van der Waals surface area contributed by atoms with Crippen LogP contribution >= 0.6 is 11.3 Å². The number of primary amides is 1. The third-order valence-electron chi connectivity index (χ3n) is 2.93. The highest BCUT2D eigenvalue weighted by atomic mass is 32.1. The minimum Gasteiger partial charge on any atom is -0.368 e. The number of hydrogen-bond acceptors (Lipinski definition) is 4. The summed E-state index contributed by atoms with van der Waals surface area (Å²) in [7, 11) is 0. The minimum absolute atomic E-state index is 0.186. The van der Waals surface area contributed by atoms with Crippen LogP contribution in [0.2, 0.25) is 0 Å². The molecule has 0 saturated heterocycles. The first-order valence-electron chi connectivity index (χ1n) is 6.06. The van der Waals surface area contributed by atoms with E-state index in [2.05, 4.69) is 10.4 Å². The molecule has 3 N–H and O–H groups in total. The molecule has 2 rings (SSSR count). The Morgan fingerprint density at radius 2 is 2.30 bits per heavy atom. The third kappa shape index (κ3) is 3.05. The first-order chi connectivity index (χ1) is 9.40. The highest BCUT2D eigenvalue weighted by Crippen LogP contribution is 2.15. The molecule has 6 nitrogen and oxygen atoms in total. The topological polar surface area (TPSA) is 90.0 Å². The lowest BCUT2D eigenvalue weighted by atomic mass is 10.0. The van der Waals surface area contributed by atoms with Gasteiger partial charge in [-0.2, -0.15) is 5.10 Å². The molecule has 20 heavy (non-hydrogen) atoms. The van der Waals surface area contributed by atoms with Crippen molar-refractivity contribution in [3.05, 3.63) is 40.3 Å². The molecule has 0 fully saturated rings. The van der Waals surface area contributed by atoms with Gasteiger partial charge in [0, 0.05) is 12.4 Å². The highest BCUT2D eigenvalue weighted by molar-refractivity contribution is 7.12. The van der Waals surface area contributed by atoms with E-state index < -0.39 is 11.4 Å². The Kier molecular flexibility index (Phi) is 3.89. The van der Waals surface area contributed by atoms with E-state index in [0.29, 0.717) is 4.88 Å². The first kappa shape index (κ1) is 14.3. The largest absolute Gasteiger partial charge is 0.368 e. The number of rotatable bonds is 5. The molecule has 1 unspecified atom stereocenters. The van der Waals surface area contributed by atoms with Crippen molar-refractivity contribution in [2.75, 3.05) is 0 Å². The zero-order chi connectivity index (χ0) is 14.8. The summed E-state index contributed by atoms with van der Waals surface area (Å²) >= 11 is 1.33. The van der Waals surface area contributed by atoms with Crippen LogP contribution in [-0.4, -0.2) is 27.1 Å². The standard InChI is InChI=1S/C13H16N4O2S/c1-9-6-10(20-7-9)11(18)16-13(2,12(14)19)8-17-5-3-4-15-17/h3-7H,8H2,1-2H3,(H2,14,19)(H,16,18). The van der Waals surface area contributed by atoms with Crippen LogP contribution in [-0.2, 0) is 11.3 Å². The number of carbonyl (C=O) groups excluding carboxylic acids is 2. The van der Waals surface area contributed by atoms with Gasteiger partial charge in [0.1, 0.15) is 5.54 Å². The molecule has 1 atom stereocenters. The van der Waals surface area contributed by atoms with E-state index in [0.717, 1.165) is 5.56 Å². The van der Waals surface area contributed by atoms with Crippen LogP contribution in [0.3, 0.4) is 0 Å². The van der Waals surface area contributed by atoms with Gasteiger partial charge in [0.2, 0.25) is 5.91 Å². The minimum atomic E-state index is -1.19. The molecule has 0 bridgehead atoms. The van der Waals surface area contributed by atoms with Crippen molar-refractivity contribution in [3.63, 3.8) is 0 Å². The van der Waals surface area contributed by atoms with E-state index >= 15 is 0 Å². The Bertz CT molecular complexity index is 620. The molecular formula is C13H16N4O2S. The van der Waals surface area contributed by atoms with Crippen LogP contribution in [0.1, 0.15) is 22.2 Å². The SMILES string of the molecule is Cc1csc(C(=O)NC(C)(Cn2cccn2)C(N)=O)c1. The molecule has 0 saturated carbocycles. The summed E-state index contributed by atoms with van der Waals surface area (Å²) in [5.41, 5.74) is 5.24. The number of aryl methyl sites for hydroxylation is 1. The molecule has 2 heterocycles. The smallest absolute Gasteiger partial charge is 0.262 e. The van der Waals surface area contributed by atoms with Crippen LogP contribution in [0.4, 0.5) is 0 Å². The number of carbonyl (C=O) groups is 2. The fourth-order valence-electron chi connectivity index (χ4n) is 1.76. The first-order valence-corrected chi connectivity index (χ1v) is 6.94. The Labute approximate surface area is 120 Å². The highest BCUT2D eigenvalue weighted by Gasteiger charge is 2.34. The van der Waals surface area contributed by atoms with E-state index in [1.807, 2.05) is 12.3 Å². The predicted molar refractivity (Wildman–Crippen MR) is 76.3 cm³/mol. The van der Waals surface area contributed by atoms with E-state index in [4.69, 9.17) is 5.73 Å². The van der Waals surface area contributed by atoms with Gasteiger partial charge < -0.3 is 11.1 Å². The van der Waals surface area contributed by atoms with Gasteiger partial charge in [-0.3, -0.25) is 14.3 Å². The number of aromatic nitrogens is 2. The Morgan fingerprint density at radius 3 is 2.80 bits per heavy atom. The van der Waals surface area contributed by atoms with Gasteiger partial charge in [0.05, 0.1) is 11.4 Å². The molecule has 7 heteroatoms. The van der Waals surface area contributed by atoms with Crippen LogP contribution in [0.15, 0.2) is 29.9 Å². The molecule has 106 valence electrons. The zero-order valence-corrected chi connectivity index (χ0v) is 12.1. The number of amides is 2. The quantitative estimate of drug-likeness (QED) is 0.859. The van der Waals surface area contributed by atoms with Gasteiger partial charge in [-0.1, -0.05) is 0 Å². The van der Waals surface area contributed by atoms with Crippen LogP contribution in [0.25, 0.3) is 0 Å². The average molecular weight is 292 g/mol. The van der Waals surface area contributed by atoms with E-state index in [9.17, 15) is 9.59 Å². The van der Waals surface area contributed by atoms with E-state index in [1.165, 1.54) is 11.3 Å². The molecule has 0 aliphatic carbocycles. The van der Waals surface area contributed by atoms with Gasteiger partial charge in [-0.05, 0) is 36.9 Å². The lowest BCUT2D eigenvalue weighted by Gasteiger charge is -2.27. The van der Waals surface area contributed by atoms with Gasteiger partial charge >= 0.3 is 0 Å². The summed E-state index contributed by atoms with van der Waals surface area (Å²) in [4.78, 5) is 24.4. The molecule has 0 aromatic carbocycles. The predicted octanol–water partition coefficient (Wildman–Crippen LogP) is 0.927. The lowest BCUT2D eigenvalue weighted by Crippen LogP contribution is -2.57. The number of nitrogens with zero attached hydrogens (tertiary/aromatic N) is 2. The van der Waals surface area contributed by atoms with Crippen molar-refractivity contribution >= 4 is 23.2 Å². The molecule has 2 aromatic heterocycles. The number of nitrogens with one attached hydrogen (secondary N) is 1. The van der Waals surface area contributed by atoms with Gasteiger partial charge in [-0.15, -0.1) is 11.3 Å². The second kappa shape index (κ2) is 5.46. The van der Waals surface area contributed by atoms with Crippen molar-refractivity contribution in [3.8, 4) is 0 Å². The van der Waals surface area contributed by atoms with Gasteiger partial charge in [0.15, 0.2) is 0 Å². The molecule has 0 aliphatic heterocycles. The van der Waals surface area contributed by atoms with Crippen LogP contribution in [0, 0.1) is 6.92 Å². The molecule has 0 aliphatic rings. The monoisotopic (exact) mass is 292 g/mol. The molecular weight excluding hydrogens is 276 g/mol. The summed E-state index contributed by atoms with van der Waals surface area (Å²) in [6.07, 6.45) is 3.31. The molecule has 2 aromatic rings. The second-order valence-electron chi connectivity index (χ2n) is 4.84. The second-order valence-corrected chi connectivity index (χ2v) is 5.75. The van der Waals surface area contributed by atoms with Crippen LogP contribution < -0.4 is 11.1 Å². The average Bonchev–Trinajstić information content (AvgIpc) is 3.00. The van der Waals surface area contributed by atoms with Gasteiger partial charge in [-0.25, -0.2) is 0 Å². The Morgan fingerprint density at radius 1 is 1.55 bits per heavy atom. The number of nitrogens with two attached hydrogens (primary N) is 1. The molecule has 2 amide bonds. The van der Waals surface area contributed by atoms with E-state index in [-0.39, 0.29) is 12.5 Å². The maximum Gasteiger partial charge on any atom is 0.262 e. The van der Waals surface area contributed by atoms with E-state index in [1.54, 1.807) is 36.1 Å². The maximum atomic E-state index is 12.2. The fourth-order valence-corrected chi connectivity index (χ4v) is 2.55. The number of hydrogen-bond donors (Lipinski definition) is 2. The van der Waals surface area contributed by atoms with Crippen molar-refractivity contribution in [1.82, 2.24) is 15.1 Å². The summed E-state index contributed by atoms with van der Waals surface area (Å²) in [6, 6.07) is 3.52. The zero-order valence-electron chi connectivity index (χ0n) is 11.3. The Hall–Kier alpha value is -2.15. The Balaban J connectivity index is 2.16. The molecule has 0 radical (unpaired) electrons. The van der Waals surface area contributed by atoms with Crippen molar-refractivity contribution in [1.29, 1.82) is 0 Å². The fraction of sp³-hybridized carbons (Fsp3) is 0.308. The normalized spacial score (nSPS) is 13.7. The van der Waals surface area contributed by atoms with Crippen LogP contribution in [0.5, 0.6) is 0 Å². The summed E-state index contributed by atoms with van der Waals surface area (Å²) in [5.74, 6) is -0.911. The lowest BCUT2D eigenvalue weighted by molar-refractivity contribution is -0.124. The summed E-state index contributed by atoms with van der Waals surface area (Å²) in [6.45, 7) is 3.69. The van der Waals surface area contributed by atoms with Gasteiger partial charge in [0.25, 0.3) is 5.91 Å². The van der Waals surface area contributed by atoms with Crippen molar-refractivity contribution < 1.29 is 9.59 Å². The van der Waals surface area contributed by atoms with Crippen molar-refractivity contribution in [2.45, 2.75) is 25.9 Å². The third-order valence-corrected chi connectivity index (χ3v) is 3.97. The number of thiophene rings is 1. The summed E-state index contributed by atoms with van der Waals surface area (Å²) in [5, 5.41) is 8.60. The summed E-state index contributed by atoms with van der Waals surface area (Å²) < 4.78 is 1.56.